The summed E-state index contributed by atoms with van der Waals surface area (Å²) in [7, 11) is 0. The van der Waals surface area contributed by atoms with Crippen LogP contribution in [0.15, 0.2) is 18.2 Å². The van der Waals surface area contributed by atoms with Crippen molar-refractivity contribution in [2.24, 2.45) is 17.8 Å². The molecule has 5 rings (SSSR count). The summed E-state index contributed by atoms with van der Waals surface area (Å²) in [4.78, 5) is 63.3. The Bertz CT molecular complexity index is 1050. The van der Waals surface area contributed by atoms with Gasteiger partial charge in [0.15, 0.2) is 0 Å². The minimum Gasteiger partial charge on any atom is -0.390 e. The van der Waals surface area contributed by atoms with E-state index in [1.54, 1.807) is 12.1 Å². The second-order valence-electron chi connectivity index (χ2n) is 8.99. The van der Waals surface area contributed by atoms with Crippen LogP contribution in [0.4, 0.5) is 0 Å². The van der Waals surface area contributed by atoms with Gasteiger partial charge in [-0.15, -0.1) is 0 Å². The molecule has 3 unspecified atom stereocenters. The molecule has 2 aliphatic heterocycles. The van der Waals surface area contributed by atoms with Gasteiger partial charge in [-0.05, 0) is 42.7 Å². The van der Waals surface area contributed by atoms with Crippen molar-refractivity contribution in [1.82, 2.24) is 15.5 Å². The third-order valence-electron chi connectivity index (χ3n) is 7.26. The molecule has 1 aromatic carbocycles. The number of nitrogens with one attached hydrogen (secondary N) is 2. The minimum absolute atomic E-state index is 0.0107. The first-order chi connectivity index (χ1) is 15.3. The van der Waals surface area contributed by atoms with Gasteiger partial charge in [-0.3, -0.25) is 34.2 Å². The SMILES string of the molecule is O=C1CCC(N2C(=O)c3cccc(CNC(=O)C4CC5C[C@H]4[C@@H](O)[C@H]5O)c3C2=O)C(=O)N1. The third-order valence-corrected chi connectivity index (χ3v) is 7.26. The Balaban J connectivity index is 1.32. The first-order valence-electron chi connectivity index (χ1n) is 10.7. The average Bonchev–Trinajstić information content (AvgIpc) is 3.40. The molecule has 10 nitrogen and oxygen atoms in total. The molecule has 1 aromatic rings. The largest absolute Gasteiger partial charge is 0.390 e. The Morgan fingerprint density at radius 3 is 2.56 bits per heavy atom. The van der Waals surface area contributed by atoms with Crippen molar-refractivity contribution >= 4 is 29.5 Å². The van der Waals surface area contributed by atoms with E-state index in [9.17, 15) is 34.2 Å². The standard InChI is InChI=1S/C22H23N3O7/c26-15-5-4-14(20(30)24-15)25-21(31)11-3-1-2-9(16(11)22(25)32)8-23-19(29)13-7-10-6-12(13)18(28)17(10)27/h1-3,10,12-14,17-18,27-28H,4-8H2,(H,23,29)(H,24,26,30)/t10?,12-,13?,14?,17+,18-/m1/s1. The fourth-order valence-corrected chi connectivity index (χ4v) is 5.65. The van der Waals surface area contributed by atoms with Crippen molar-refractivity contribution in [3.63, 3.8) is 0 Å². The number of hydrogen-bond donors (Lipinski definition) is 4. The van der Waals surface area contributed by atoms with Gasteiger partial charge in [0.1, 0.15) is 6.04 Å². The number of piperidine rings is 1. The molecule has 2 heterocycles. The highest BCUT2D eigenvalue weighted by Gasteiger charge is 2.54. The molecule has 32 heavy (non-hydrogen) atoms. The molecule has 0 aromatic heterocycles. The lowest BCUT2D eigenvalue weighted by Crippen LogP contribution is -2.54. The van der Waals surface area contributed by atoms with Crippen LogP contribution in [0, 0.1) is 17.8 Å². The number of imide groups is 2. The number of carbonyl (C=O) groups excluding carboxylic acids is 5. The van der Waals surface area contributed by atoms with Crippen LogP contribution in [0.25, 0.3) is 0 Å². The van der Waals surface area contributed by atoms with Crippen LogP contribution >= 0.6 is 0 Å². The van der Waals surface area contributed by atoms with Gasteiger partial charge in [-0.25, -0.2) is 0 Å². The lowest BCUT2D eigenvalue weighted by Gasteiger charge is -2.29. The normalized spacial score (nSPS) is 33.5. The summed E-state index contributed by atoms with van der Waals surface area (Å²) in [6.45, 7) is 0.0107. The smallest absolute Gasteiger partial charge is 0.262 e. The number of hydrogen-bond acceptors (Lipinski definition) is 7. The van der Waals surface area contributed by atoms with Crippen LogP contribution in [-0.4, -0.2) is 62.9 Å². The number of rotatable bonds is 4. The number of carbonyl (C=O) groups is 5. The van der Waals surface area contributed by atoms with E-state index in [2.05, 4.69) is 10.6 Å². The molecule has 2 bridgehead atoms. The Hall–Kier alpha value is -3.11. The lowest BCUT2D eigenvalue weighted by atomic mass is 9.84. The second-order valence-corrected chi connectivity index (χ2v) is 8.99. The number of aliphatic hydroxyl groups excluding tert-OH is 2. The van der Waals surface area contributed by atoms with Gasteiger partial charge in [-0.1, -0.05) is 12.1 Å². The summed E-state index contributed by atoms with van der Waals surface area (Å²) in [5.74, 6) is -3.39. The first kappa shape index (κ1) is 20.8. The number of fused-ring (bicyclic) bond motifs is 3. The molecule has 3 fully saturated rings. The highest BCUT2D eigenvalue weighted by atomic mass is 16.3. The molecule has 1 saturated heterocycles. The van der Waals surface area contributed by atoms with Crippen molar-refractivity contribution in [1.29, 1.82) is 0 Å². The summed E-state index contributed by atoms with van der Waals surface area (Å²) < 4.78 is 0. The van der Waals surface area contributed by atoms with Gasteiger partial charge in [0.25, 0.3) is 11.8 Å². The van der Waals surface area contributed by atoms with Crippen molar-refractivity contribution in [2.45, 2.75) is 50.5 Å². The Kier molecular flexibility index (Phi) is 4.86. The molecule has 168 valence electrons. The Labute approximate surface area is 183 Å². The van der Waals surface area contributed by atoms with E-state index in [0.717, 1.165) is 4.90 Å². The van der Waals surface area contributed by atoms with Crippen molar-refractivity contribution in [3.8, 4) is 0 Å². The van der Waals surface area contributed by atoms with Gasteiger partial charge < -0.3 is 15.5 Å². The minimum atomic E-state index is -1.05. The van der Waals surface area contributed by atoms with Gasteiger partial charge >= 0.3 is 0 Å². The maximum atomic E-state index is 13.1. The van der Waals surface area contributed by atoms with E-state index < -0.39 is 47.8 Å². The van der Waals surface area contributed by atoms with Crippen LogP contribution in [-0.2, 0) is 20.9 Å². The van der Waals surface area contributed by atoms with Crippen molar-refractivity contribution in [2.75, 3.05) is 0 Å². The average molecular weight is 441 g/mol. The second kappa shape index (κ2) is 7.49. The van der Waals surface area contributed by atoms with Crippen LogP contribution in [0.5, 0.6) is 0 Å². The number of aliphatic hydroxyl groups is 2. The van der Waals surface area contributed by atoms with Crippen molar-refractivity contribution < 1.29 is 34.2 Å². The predicted molar refractivity (Wildman–Crippen MR) is 107 cm³/mol. The monoisotopic (exact) mass is 441 g/mol. The molecule has 4 aliphatic rings. The molecule has 2 saturated carbocycles. The molecule has 5 amide bonds. The molecule has 6 atom stereocenters. The third kappa shape index (κ3) is 3.05. The lowest BCUT2D eigenvalue weighted by molar-refractivity contribution is -0.136. The quantitative estimate of drug-likeness (QED) is 0.441. The number of benzene rings is 1. The van der Waals surface area contributed by atoms with E-state index in [-0.39, 0.29) is 48.3 Å². The van der Waals surface area contributed by atoms with Gasteiger partial charge in [0.2, 0.25) is 17.7 Å². The zero-order chi connectivity index (χ0) is 22.7. The van der Waals surface area contributed by atoms with E-state index in [1.165, 1.54) is 6.07 Å². The fraction of sp³-hybridized carbons (Fsp3) is 0.500. The highest BCUT2D eigenvalue weighted by Crippen LogP contribution is 2.48. The Morgan fingerprint density at radius 1 is 1.09 bits per heavy atom. The van der Waals surface area contributed by atoms with Crippen LogP contribution < -0.4 is 10.6 Å². The summed E-state index contributed by atoms with van der Waals surface area (Å²) in [5.41, 5.74) is 0.753. The molecule has 0 radical (unpaired) electrons. The summed E-state index contributed by atoms with van der Waals surface area (Å²) in [6.07, 6.45) is -0.482. The van der Waals surface area contributed by atoms with E-state index >= 15 is 0 Å². The van der Waals surface area contributed by atoms with E-state index in [4.69, 9.17) is 0 Å². The molecule has 0 spiro atoms. The number of nitrogens with zero attached hydrogens (tertiary/aromatic N) is 1. The summed E-state index contributed by atoms with van der Waals surface area (Å²) >= 11 is 0. The highest BCUT2D eigenvalue weighted by molar-refractivity contribution is 6.24. The number of amides is 5. The maximum Gasteiger partial charge on any atom is 0.262 e. The molecule has 4 N–H and O–H groups in total. The van der Waals surface area contributed by atoms with E-state index in [1.807, 2.05) is 0 Å². The topological polar surface area (TPSA) is 153 Å². The molecular formula is C22H23N3O7. The Morgan fingerprint density at radius 2 is 1.88 bits per heavy atom. The zero-order valence-electron chi connectivity index (χ0n) is 17.1. The fourth-order valence-electron chi connectivity index (χ4n) is 5.65. The van der Waals surface area contributed by atoms with Gasteiger partial charge in [0.05, 0.1) is 23.3 Å². The molecule has 2 aliphatic carbocycles. The van der Waals surface area contributed by atoms with Crippen LogP contribution in [0.3, 0.4) is 0 Å². The van der Waals surface area contributed by atoms with Crippen LogP contribution in [0.2, 0.25) is 0 Å². The first-order valence-corrected chi connectivity index (χ1v) is 10.7. The summed E-state index contributed by atoms with van der Waals surface area (Å²) in [6, 6.07) is 3.69. The van der Waals surface area contributed by atoms with Crippen LogP contribution in [0.1, 0.15) is 52.0 Å². The summed E-state index contributed by atoms with van der Waals surface area (Å²) in [5, 5.41) is 25.0. The van der Waals surface area contributed by atoms with E-state index in [0.29, 0.717) is 18.4 Å². The molecule has 10 heteroatoms. The van der Waals surface area contributed by atoms with Gasteiger partial charge in [0, 0.05) is 18.9 Å². The maximum absolute atomic E-state index is 13.1. The van der Waals surface area contributed by atoms with Crippen molar-refractivity contribution in [3.05, 3.63) is 34.9 Å². The zero-order valence-corrected chi connectivity index (χ0v) is 17.1. The molecular weight excluding hydrogens is 418 g/mol. The van der Waals surface area contributed by atoms with Gasteiger partial charge in [-0.2, -0.15) is 0 Å². The predicted octanol–water partition coefficient (Wildman–Crippen LogP) is -0.918.